The van der Waals surface area contributed by atoms with Crippen molar-refractivity contribution in [3.63, 3.8) is 0 Å². The maximum Gasteiger partial charge on any atom is 0.416 e. The standard InChI is InChI=1S/C18H27F3N2O/c1-13(2)10-14(3)23-12-15(6-4-7-22-8-5-9-22)16(11-17(23)24)18(19,20)21/h11-14H,4-10H2,1-3H3. The normalized spacial score (nSPS) is 17.1. The van der Waals surface area contributed by atoms with Gasteiger partial charge in [0.15, 0.2) is 0 Å². The number of hydrogen-bond acceptors (Lipinski definition) is 2. The van der Waals surface area contributed by atoms with Crippen molar-refractivity contribution < 1.29 is 13.2 Å². The topological polar surface area (TPSA) is 25.2 Å². The molecule has 1 fully saturated rings. The van der Waals surface area contributed by atoms with Crippen LogP contribution in [0.5, 0.6) is 0 Å². The Morgan fingerprint density at radius 2 is 1.88 bits per heavy atom. The maximum absolute atomic E-state index is 13.3. The zero-order valence-electron chi connectivity index (χ0n) is 14.7. The number of likely N-dealkylation sites (tertiary alicyclic amines) is 1. The van der Waals surface area contributed by atoms with Gasteiger partial charge < -0.3 is 9.47 Å². The number of nitrogens with zero attached hydrogens (tertiary/aromatic N) is 2. The third-order valence-electron chi connectivity index (χ3n) is 4.63. The molecule has 0 saturated carbocycles. The molecule has 136 valence electrons. The van der Waals surface area contributed by atoms with Crippen LogP contribution in [0.2, 0.25) is 0 Å². The Morgan fingerprint density at radius 1 is 1.21 bits per heavy atom. The van der Waals surface area contributed by atoms with Crippen molar-refractivity contribution in [1.29, 1.82) is 0 Å². The highest BCUT2D eigenvalue weighted by Crippen LogP contribution is 2.32. The number of alkyl halides is 3. The van der Waals surface area contributed by atoms with E-state index in [1.54, 1.807) is 0 Å². The van der Waals surface area contributed by atoms with Crippen LogP contribution in [0.3, 0.4) is 0 Å². The molecule has 0 N–H and O–H groups in total. The Hall–Kier alpha value is -1.30. The first kappa shape index (κ1) is 19.0. The summed E-state index contributed by atoms with van der Waals surface area (Å²) in [5.41, 5.74) is -1.11. The smallest absolute Gasteiger partial charge is 0.312 e. The molecule has 0 aliphatic carbocycles. The molecule has 6 heteroatoms. The van der Waals surface area contributed by atoms with Crippen LogP contribution in [0.1, 0.15) is 57.2 Å². The lowest BCUT2D eigenvalue weighted by atomic mass is 10.0. The summed E-state index contributed by atoms with van der Waals surface area (Å²) in [7, 11) is 0. The average molecular weight is 344 g/mol. The van der Waals surface area contributed by atoms with Crippen LogP contribution in [-0.4, -0.2) is 29.1 Å². The highest BCUT2D eigenvalue weighted by molar-refractivity contribution is 5.27. The van der Waals surface area contributed by atoms with Gasteiger partial charge in [-0.05, 0) is 63.7 Å². The summed E-state index contributed by atoms with van der Waals surface area (Å²) in [4.78, 5) is 14.4. The summed E-state index contributed by atoms with van der Waals surface area (Å²) in [5.74, 6) is 0.379. The molecule has 1 atom stereocenters. The minimum atomic E-state index is -4.48. The Kier molecular flexibility index (Phi) is 6.12. The van der Waals surface area contributed by atoms with Crippen LogP contribution in [0.25, 0.3) is 0 Å². The summed E-state index contributed by atoms with van der Waals surface area (Å²) >= 11 is 0. The molecule has 3 nitrogen and oxygen atoms in total. The molecular weight excluding hydrogens is 317 g/mol. The van der Waals surface area contributed by atoms with E-state index >= 15 is 0 Å². The van der Waals surface area contributed by atoms with E-state index in [0.29, 0.717) is 18.8 Å². The van der Waals surface area contributed by atoms with Crippen molar-refractivity contribution in [2.75, 3.05) is 19.6 Å². The van der Waals surface area contributed by atoms with E-state index in [9.17, 15) is 18.0 Å². The van der Waals surface area contributed by atoms with Gasteiger partial charge in [0.25, 0.3) is 5.56 Å². The quantitative estimate of drug-likeness (QED) is 0.744. The molecule has 0 radical (unpaired) electrons. The zero-order chi connectivity index (χ0) is 17.9. The minimum absolute atomic E-state index is 0.103. The van der Waals surface area contributed by atoms with Crippen molar-refractivity contribution in [2.45, 2.75) is 58.7 Å². The van der Waals surface area contributed by atoms with Crippen molar-refractivity contribution in [1.82, 2.24) is 9.47 Å². The molecule has 1 aromatic heterocycles. The number of rotatable bonds is 7. The second-order valence-electron chi connectivity index (χ2n) is 7.23. The summed E-state index contributed by atoms with van der Waals surface area (Å²) < 4.78 is 41.3. The number of aryl methyl sites for hydroxylation is 1. The summed E-state index contributed by atoms with van der Waals surface area (Å²) in [6.07, 6.45) is -0.0797. The van der Waals surface area contributed by atoms with E-state index in [4.69, 9.17) is 0 Å². The van der Waals surface area contributed by atoms with Crippen molar-refractivity contribution in [3.05, 3.63) is 33.7 Å². The predicted molar refractivity (Wildman–Crippen MR) is 89.2 cm³/mol. The van der Waals surface area contributed by atoms with Gasteiger partial charge in [0.2, 0.25) is 0 Å². The predicted octanol–water partition coefficient (Wildman–Crippen LogP) is 4.11. The molecular formula is C18H27F3N2O. The second-order valence-corrected chi connectivity index (χ2v) is 7.23. The Morgan fingerprint density at radius 3 is 2.38 bits per heavy atom. The molecule has 0 bridgehead atoms. The van der Waals surface area contributed by atoms with Crippen molar-refractivity contribution >= 4 is 0 Å². The van der Waals surface area contributed by atoms with Gasteiger partial charge in [0.05, 0.1) is 5.56 Å². The number of pyridine rings is 1. The zero-order valence-corrected chi connectivity index (χ0v) is 14.7. The molecule has 2 heterocycles. The lowest BCUT2D eigenvalue weighted by Gasteiger charge is -2.30. The Balaban J connectivity index is 2.23. The molecule has 1 aromatic rings. The van der Waals surface area contributed by atoms with Crippen LogP contribution in [0, 0.1) is 5.92 Å². The first-order valence-corrected chi connectivity index (χ1v) is 8.73. The van der Waals surface area contributed by atoms with E-state index in [-0.39, 0.29) is 11.6 Å². The Labute approximate surface area is 141 Å². The molecule has 0 spiro atoms. The number of aromatic nitrogens is 1. The van der Waals surface area contributed by atoms with Crippen molar-refractivity contribution in [3.8, 4) is 0 Å². The van der Waals surface area contributed by atoms with Gasteiger partial charge in [0, 0.05) is 18.3 Å². The molecule has 1 saturated heterocycles. The van der Waals surface area contributed by atoms with Crippen LogP contribution in [-0.2, 0) is 12.6 Å². The van der Waals surface area contributed by atoms with Gasteiger partial charge in [-0.15, -0.1) is 0 Å². The molecule has 24 heavy (non-hydrogen) atoms. The highest BCUT2D eigenvalue weighted by Gasteiger charge is 2.34. The SMILES string of the molecule is CC(C)CC(C)n1cc(CCCN2CCC2)c(C(F)(F)F)cc1=O. The molecule has 1 aliphatic rings. The summed E-state index contributed by atoms with van der Waals surface area (Å²) in [6.45, 7) is 8.86. The fourth-order valence-corrected chi connectivity index (χ4v) is 3.29. The van der Waals surface area contributed by atoms with Crippen LogP contribution in [0.15, 0.2) is 17.1 Å². The molecule has 0 aromatic carbocycles. The first-order valence-electron chi connectivity index (χ1n) is 8.73. The number of halogens is 3. The molecule has 1 aliphatic heterocycles. The third kappa shape index (κ3) is 4.85. The monoisotopic (exact) mass is 344 g/mol. The number of hydrogen-bond donors (Lipinski definition) is 0. The first-order chi connectivity index (χ1) is 11.2. The van der Waals surface area contributed by atoms with Gasteiger partial charge in [-0.2, -0.15) is 13.2 Å². The van der Waals surface area contributed by atoms with Gasteiger partial charge in [-0.3, -0.25) is 4.79 Å². The average Bonchev–Trinajstić information content (AvgIpc) is 2.40. The van der Waals surface area contributed by atoms with Gasteiger partial charge >= 0.3 is 6.18 Å². The van der Waals surface area contributed by atoms with Gasteiger partial charge in [-0.25, -0.2) is 0 Å². The highest BCUT2D eigenvalue weighted by atomic mass is 19.4. The van der Waals surface area contributed by atoms with Crippen LogP contribution >= 0.6 is 0 Å². The second kappa shape index (κ2) is 7.72. The van der Waals surface area contributed by atoms with Crippen LogP contribution < -0.4 is 5.56 Å². The fourth-order valence-electron chi connectivity index (χ4n) is 3.29. The van der Waals surface area contributed by atoms with Crippen LogP contribution in [0.4, 0.5) is 13.2 Å². The largest absolute Gasteiger partial charge is 0.416 e. The maximum atomic E-state index is 13.3. The lowest BCUT2D eigenvalue weighted by Crippen LogP contribution is -2.37. The summed E-state index contributed by atoms with van der Waals surface area (Å²) in [5, 5.41) is 0. The molecule has 0 amide bonds. The Bertz CT molecular complexity index is 603. The molecule has 1 unspecified atom stereocenters. The van der Waals surface area contributed by atoms with E-state index < -0.39 is 17.3 Å². The molecule has 2 rings (SSSR count). The van der Waals surface area contributed by atoms with E-state index in [0.717, 1.165) is 32.1 Å². The van der Waals surface area contributed by atoms with Gasteiger partial charge in [-0.1, -0.05) is 13.8 Å². The van der Waals surface area contributed by atoms with Gasteiger partial charge in [0.1, 0.15) is 0 Å². The van der Waals surface area contributed by atoms with E-state index in [1.807, 2.05) is 20.8 Å². The third-order valence-corrected chi connectivity index (χ3v) is 4.63. The lowest BCUT2D eigenvalue weighted by molar-refractivity contribution is -0.138. The van der Waals surface area contributed by atoms with E-state index in [1.165, 1.54) is 17.2 Å². The van der Waals surface area contributed by atoms with E-state index in [2.05, 4.69) is 4.90 Å². The minimum Gasteiger partial charge on any atom is -0.312 e. The fraction of sp³-hybridized carbons (Fsp3) is 0.722. The van der Waals surface area contributed by atoms with Crippen molar-refractivity contribution in [2.24, 2.45) is 5.92 Å². The summed E-state index contributed by atoms with van der Waals surface area (Å²) in [6, 6.07) is 0.671.